The molecule has 4 rings (SSSR count). The van der Waals surface area contributed by atoms with Crippen molar-refractivity contribution in [2.75, 3.05) is 18.0 Å². The molecule has 1 fully saturated rings. The Balaban J connectivity index is 1.89. The molecular weight excluding hydrogens is 456 g/mol. The maximum Gasteiger partial charge on any atom is 0.404 e. The van der Waals surface area contributed by atoms with E-state index in [0.717, 1.165) is 14.6 Å². The van der Waals surface area contributed by atoms with Gasteiger partial charge in [0.2, 0.25) is 5.95 Å². The minimum Gasteiger partial charge on any atom is -0.465 e. The molecule has 0 radical (unpaired) electrons. The van der Waals surface area contributed by atoms with Gasteiger partial charge in [0.15, 0.2) is 11.2 Å². The highest BCUT2D eigenvalue weighted by atomic mass is 79.9. The summed E-state index contributed by atoms with van der Waals surface area (Å²) in [6, 6.07) is 7.46. The van der Waals surface area contributed by atoms with Crippen molar-refractivity contribution in [3.05, 3.63) is 55.1 Å². The van der Waals surface area contributed by atoms with Crippen LogP contribution < -0.4 is 21.5 Å². The van der Waals surface area contributed by atoms with Gasteiger partial charge in [-0.25, -0.2) is 9.59 Å². The minimum absolute atomic E-state index is 0.231. The number of benzene rings is 1. The molecule has 1 aromatic carbocycles. The molecule has 158 valence electrons. The molecule has 3 heterocycles. The Kier molecular flexibility index (Phi) is 5.14. The fraction of sp³-hybridized carbons (Fsp3) is 0.368. The lowest BCUT2D eigenvalue weighted by Gasteiger charge is -2.19. The summed E-state index contributed by atoms with van der Waals surface area (Å²) < 4.78 is 5.13. The third-order valence-corrected chi connectivity index (χ3v) is 6.19. The topological polar surface area (TPSA) is 114 Å². The molecule has 0 bridgehead atoms. The molecule has 1 aliphatic heterocycles. The predicted octanol–water partition coefficient (Wildman–Crippen LogP) is 1.09. The lowest BCUT2D eigenvalue weighted by Crippen LogP contribution is -2.37. The Bertz CT molecular complexity index is 1260. The molecule has 1 atom stereocenters. The summed E-state index contributed by atoms with van der Waals surface area (Å²) in [7, 11) is 3.03. The zero-order chi connectivity index (χ0) is 21.6. The van der Waals surface area contributed by atoms with E-state index in [1.165, 1.54) is 11.6 Å². The smallest absolute Gasteiger partial charge is 0.404 e. The zero-order valence-electron chi connectivity index (χ0n) is 16.5. The number of hydrogen-bond acceptors (Lipinski definition) is 5. The second-order valence-electron chi connectivity index (χ2n) is 7.35. The number of nitrogens with zero attached hydrogens (tertiary/aromatic N) is 5. The number of aryl methyl sites for hydroxylation is 1. The van der Waals surface area contributed by atoms with E-state index >= 15 is 0 Å². The Morgan fingerprint density at radius 2 is 2.00 bits per heavy atom. The summed E-state index contributed by atoms with van der Waals surface area (Å²) in [5.41, 5.74) is 0.725. The Morgan fingerprint density at radius 3 is 2.70 bits per heavy atom. The van der Waals surface area contributed by atoms with Crippen LogP contribution in [0.15, 0.2) is 38.3 Å². The quantitative estimate of drug-likeness (QED) is 0.582. The highest BCUT2D eigenvalue weighted by Crippen LogP contribution is 2.26. The molecule has 10 nitrogen and oxygen atoms in total. The van der Waals surface area contributed by atoms with Gasteiger partial charge in [-0.15, -0.1) is 0 Å². The summed E-state index contributed by atoms with van der Waals surface area (Å²) in [6.07, 6.45) is -0.443. The van der Waals surface area contributed by atoms with Gasteiger partial charge in [0.05, 0.1) is 12.6 Å². The van der Waals surface area contributed by atoms with Gasteiger partial charge in [-0.05, 0) is 18.1 Å². The van der Waals surface area contributed by atoms with Crippen molar-refractivity contribution in [3.63, 3.8) is 0 Å². The number of fused-ring (bicyclic) bond motifs is 1. The van der Waals surface area contributed by atoms with E-state index in [1.54, 1.807) is 11.6 Å². The van der Waals surface area contributed by atoms with Crippen LogP contribution in [-0.2, 0) is 20.6 Å². The summed E-state index contributed by atoms with van der Waals surface area (Å²) in [6.45, 7) is 1.38. The first-order chi connectivity index (χ1) is 14.3. The number of amides is 1. The molecule has 1 amide bonds. The normalized spacial score (nSPS) is 16.4. The lowest BCUT2D eigenvalue weighted by atomic mass is 10.2. The van der Waals surface area contributed by atoms with Crippen molar-refractivity contribution in [2.45, 2.75) is 19.0 Å². The van der Waals surface area contributed by atoms with Gasteiger partial charge in [0.25, 0.3) is 5.56 Å². The fourth-order valence-corrected chi connectivity index (χ4v) is 4.27. The number of aromatic nitrogens is 4. The number of anilines is 1. The van der Waals surface area contributed by atoms with Crippen molar-refractivity contribution in [1.29, 1.82) is 0 Å². The molecule has 30 heavy (non-hydrogen) atoms. The zero-order valence-corrected chi connectivity index (χ0v) is 18.1. The van der Waals surface area contributed by atoms with Crippen LogP contribution in [0, 0.1) is 0 Å². The molecule has 3 aromatic rings. The van der Waals surface area contributed by atoms with Crippen molar-refractivity contribution < 1.29 is 9.90 Å². The van der Waals surface area contributed by atoms with Crippen LogP contribution in [0.2, 0.25) is 0 Å². The Labute approximate surface area is 179 Å². The van der Waals surface area contributed by atoms with Crippen LogP contribution in [0.3, 0.4) is 0 Å². The van der Waals surface area contributed by atoms with E-state index in [-0.39, 0.29) is 6.04 Å². The van der Waals surface area contributed by atoms with E-state index in [2.05, 4.69) is 26.2 Å². The molecular formula is C19H21BrN6O4. The minimum atomic E-state index is -1.07. The summed E-state index contributed by atoms with van der Waals surface area (Å²) in [5, 5.41) is 11.5. The SMILES string of the molecule is Cn1c(=O)c2c(nc(N3CCC(NC(=O)O)C3)n2Cc2ccccc2Br)n(C)c1=O. The van der Waals surface area contributed by atoms with Gasteiger partial charge < -0.3 is 15.3 Å². The second-order valence-corrected chi connectivity index (χ2v) is 8.20. The fourth-order valence-electron chi connectivity index (χ4n) is 3.86. The summed E-state index contributed by atoms with van der Waals surface area (Å²) in [4.78, 5) is 43.0. The van der Waals surface area contributed by atoms with Crippen LogP contribution >= 0.6 is 15.9 Å². The van der Waals surface area contributed by atoms with Crippen molar-refractivity contribution >= 4 is 39.1 Å². The first-order valence-electron chi connectivity index (χ1n) is 9.42. The lowest BCUT2D eigenvalue weighted by molar-refractivity contribution is 0.191. The summed E-state index contributed by atoms with van der Waals surface area (Å²) >= 11 is 3.55. The monoisotopic (exact) mass is 476 g/mol. The third-order valence-electron chi connectivity index (χ3n) is 5.41. The molecule has 11 heteroatoms. The van der Waals surface area contributed by atoms with Crippen LogP contribution in [0.25, 0.3) is 11.2 Å². The average molecular weight is 477 g/mol. The van der Waals surface area contributed by atoms with E-state index < -0.39 is 17.3 Å². The molecule has 0 spiro atoms. The summed E-state index contributed by atoms with van der Waals surface area (Å²) in [5.74, 6) is 0.536. The first kappa shape index (κ1) is 20.2. The molecule has 0 aliphatic carbocycles. The number of hydrogen-bond donors (Lipinski definition) is 2. The number of nitrogens with one attached hydrogen (secondary N) is 1. The highest BCUT2D eigenvalue weighted by molar-refractivity contribution is 9.10. The van der Waals surface area contributed by atoms with Gasteiger partial charge in [-0.3, -0.25) is 18.5 Å². The Morgan fingerprint density at radius 1 is 1.27 bits per heavy atom. The van der Waals surface area contributed by atoms with E-state index in [1.807, 2.05) is 29.2 Å². The van der Waals surface area contributed by atoms with E-state index in [0.29, 0.717) is 43.2 Å². The third kappa shape index (κ3) is 3.38. The standard InChI is InChI=1S/C19H21BrN6O4/c1-23-15-14(16(27)24(2)19(23)30)26(9-11-5-3-4-6-13(11)20)17(22-15)25-8-7-12(10-25)21-18(28)29/h3-6,12,21H,7-10H2,1-2H3,(H,28,29). The predicted molar refractivity (Wildman–Crippen MR) is 115 cm³/mol. The van der Waals surface area contributed by atoms with E-state index in [4.69, 9.17) is 5.11 Å². The molecule has 1 unspecified atom stereocenters. The van der Waals surface area contributed by atoms with Gasteiger partial charge in [0, 0.05) is 31.7 Å². The molecule has 2 N–H and O–H groups in total. The average Bonchev–Trinajstić information content (AvgIpc) is 3.30. The molecule has 2 aromatic heterocycles. The largest absolute Gasteiger partial charge is 0.465 e. The van der Waals surface area contributed by atoms with Crippen LogP contribution in [-0.4, -0.2) is 49.0 Å². The number of carbonyl (C=O) groups is 1. The van der Waals surface area contributed by atoms with Gasteiger partial charge in [-0.2, -0.15) is 4.98 Å². The van der Waals surface area contributed by atoms with Crippen LogP contribution in [0.4, 0.5) is 10.7 Å². The molecule has 1 saturated heterocycles. The Hall–Kier alpha value is -3.08. The van der Waals surface area contributed by atoms with E-state index in [9.17, 15) is 14.4 Å². The molecule has 0 saturated carbocycles. The van der Waals surface area contributed by atoms with Crippen LogP contribution in [0.1, 0.15) is 12.0 Å². The molecule has 1 aliphatic rings. The highest BCUT2D eigenvalue weighted by Gasteiger charge is 2.29. The van der Waals surface area contributed by atoms with Crippen molar-refractivity contribution in [3.8, 4) is 0 Å². The van der Waals surface area contributed by atoms with Crippen molar-refractivity contribution in [2.24, 2.45) is 14.1 Å². The number of imidazole rings is 1. The maximum absolute atomic E-state index is 13.0. The number of halogens is 1. The maximum atomic E-state index is 13.0. The number of carboxylic acid groups (broad SMARTS) is 1. The van der Waals surface area contributed by atoms with Gasteiger partial charge >= 0.3 is 11.8 Å². The number of rotatable bonds is 4. The van der Waals surface area contributed by atoms with Crippen molar-refractivity contribution in [1.82, 2.24) is 24.0 Å². The van der Waals surface area contributed by atoms with Crippen LogP contribution in [0.5, 0.6) is 0 Å². The second kappa shape index (κ2) is 7.63. The van der Waals surface area contributed by atoms with Gasteiger partial charge in [0.1, 0.15) is 0 Å². The first-order valence-corrected chi connectivity index (χ1v) is 10.2. The van der Waals surface area contributed by atoms with Gasteiger partial charge in [-0.1, -0.05) is 34.1 Å².